The maximum absolute atomic E-state index is 5.96. The first kappa shape index (κ1) is 16.1. The van der Waals surface area contributed by atoms with Crippen LogP contribution in [-0.4, -0.2) is 30.6 Å². The summed E-state index contributed by atoms with van der Waals surface area (Å²) in [6.45, 7) is 4.76. The summed E-state index contributed by atoms with van der Waals surface area (Å²) < 4.78 is 0. The van der Waals surface area contributed by atoms with Crippen molar-refractivity contribution in [3.63, 3.8) is 0 Å². The Kier molecular flexibility index (Phi) is 6.16. The molecule has 20 heavy (non-hydrogen) atoms. The lowest BCUT2D eigenvalue weighted by Crippen LogP contribution is -2.37. The third-order valence-corrected chi connectivity index (χ3v) is 4.57. The van der Waals surface area contributed by atoms with Crippen molar-refractivity contribution >= 4 is 24.0 Å². The highest BCUT2D eigenvalue weighted by Gasteiger charge is 2.30. The lowest BCUT2D eigenvalue weighted by atomic mass is 9.97. The molecule has 1 aliphatic heterocycles. The van der Waals surface area contributed by atoms with Gasteiger partial charge in [-0.05, 0) is 62.4 Å². The van der Waals surface area contributed by atoms with Crippen molar-refractivity contribution in [2.24, 2.45) is 5.92 Å². The topological polar surface area (TPSA) is 15.3 Å². The summed E-state index contributed by atoms with van der Waals surface area (Å²) in [6.07, 6.45) is 5.45. The van der Waals surface area contributed by atoms with Crippen LogP contribution in [0.15, 0.2) is 24.3 Å². The second-order valence-electron chi connectivity index (χ2n) is 5.98. The largest absolute Gasteiger partial charge is 0.317 e. The van der Waals surface area contributed by atoms with Crippen LogP contribution in [0.4, 0.5) is 0 Å². The van der Waals surface area contributed by atoms with Crippen LogP contribution in [0, 0.1) is 5.92 Å². The predicted molar refractivity (Wildman–Crippen MR) is 87.7 cm³/mol. The molecule has 3 rings (SSSR count). The van der Waals surface area contributed by atoms with Gasteiger partial charge in [-0.25, -0.2) is 0 Å². The molecule has 0 aromatic heterocycles. The van der Waals surface area contributed by atoms with E-state index in [-0.39, 0.29) is 12.4 Å². The van der Waals surface area contributed by atoms with Crippen LogP contribution in [0.2, 0.25) is 5.02 Å². The van der Waals surface area contributed by atoms with Gasteiger partial charge in [-0.1, -0.05) is 23.7 Å². The molecule has 0 radical (unpaired) electrons. The van der Waals surface area contributed by atoms with Gasteiger partial charge in [0.05, 0.1) is 0 Å². The highest BCUT2D eigenvalue weighted by molar-refractivity contribution is 6.30. The molecular formula is C16H24Cl2N2. The van der Waals surface area contributed by atoms with Gasteiger partial charge in [-0.2, -0.15) is 0 Å². The average molecular weight is 315 g/mol. The van der Waals surface area contributed by atoms with Crippen LogP contribution in [0.5, 0.6) is 0 Å². The molecule has 1 saturated heterocycles. The monoisotopic (exact) mass is 314 g/mol. The van der Waals surface area contributed by atoms with Crippen LogP contribution in [0.3, 0.4) is 0 Å². The summed E-state index contributed by atoms with van der Waals surface area (Å²) >= 11 is 5.96. The fourth-order valence-electron chi connectivity index (χ4n) is 3.00. The average Bonchev–Trinajstić information content (AvgIpc) is 3.26. The van der Waals surface area contributed by atoms with Gasteiger partial charge in [0.15, 0.2) is 0 Å². The highest BCUT2D eigenvalue weighted by Crippen LogP contribution is 2.30. The summed E-state index contributed by atoms with van der Waals surface area (Å²) in [5, 5.41) is 4.29. The Hall–Kier alpha value is -0.280. The summed E-state index contributed by atoms with van der Waals surface area (Å²) in [5.41, 5.74) is 1.39. The molecular weight excluding hydrogens is 291 g/mol. The van der Waals surface area contributed by atoms with Crippen molar-refractivity contribution in [3.05, 3.63) is 34.9 Å². The van der Waals surface area contributed by atoms with Crippen LogP contribution < -0.4 is 5.32 Å². The van der Waals surface area contributed by atoms with E-state index in [0.29, 0.717) is 0 Å². The molecule has 2 nitrogen and oxygen atoms in total. The Morgan fingerprint density at radius 3 is 2.30 bits per heavy atom. The first-order chi connectivity index (χ1) is 9.31. The van der Waals surface area contributed by atoms with E-state index in [1.165, 1.54) is 50.9 Å². The molecule has 1 aliphatic carbocycles. The van der Waals surface area contributed by atoms with Gasteiger partial charge < -0.3 is 5.32 Å². The van der Waals surface area contributed by atoms with Crippen molar-refractivity contribution in [2.45, 2.75) is 38.3 Å². The molecule has 0 amide bonds. The van der Waals surface area contributed by atoms with Crippen molar-refractivity contribution in [1.82, 2.24) is 10.2 Å². The van der Waals surface area contributed by atoms with E-state index >= 15 is 0 Å². The van der Waals surface area contributed by atoms with Gasteiger partial charge in [0.1, 0.15) is 0 Å². The zero-order valence-corrected chi connectivity index (χ0v) is 13.4. The molecule has 1 heterocycles. The Balaban J connectivity index is 0.00000147. The molecule has 4 heteroatoms. The normalized spacial score (nSPS) is 19.9. The lowest BCUT2D eigenvalue weighted by Gasteiger charge is -2.30. The summed E-state index contributed by atoms with van der Waals surface area (Å²) in [5.74, 6) is 0.883. The van der Waals surface area contributed by atoms with Crippen LogP contribution in [0.25, 0.3) is 0 Å². The zero-order valence-electron chi connectivity index (χ0n) is 11.9. The number of piperidine rings is 1. The molecule has 1 N–H and O–H groups in total. The van der Waals surface area contributed by atoms with E-state index in [2.05, 4.69) is 22.3 Å². The number of nitrogens with zero attached hydrogens (tertiary/aromatic N) is 1. The van der Waals surface area contributed by atoms with Gasteiger partial charge in [0, 0.05) is 24.2 Å². The molecule has 1 saturated carbocycles. The van der Waals surface area contributed by atoms with Gasteiger partial charge >= 0.3 is 0 Å². The quantitative estimate of drug-likeness (QED) is 0.891. The number of nitrogens with one attached hydrogen (secondary N) is 1. The fourth-order valence-corrected chi connectivity index (χ4v) is 3.13. The van der Waals surface area contributed by atoms with E-state index < -0.39 is 0 Å². The summed E-state index contributed by atoms with van der Waals surface area (Å²) in [6, 6.07) is 9.18. The van der Waals surface area contributed by atoms with E-state index in [4.69, 9.17) is 11.6 Å². The predicted octanol–water partition coefficient (Wildman–Crippen LogP) is 3.73. The Morgan fingerprint density at radius 1 is 1.05 bits per heavy atom. The fraction of sp³-hybridized carbons (Fsp3) is 0.625. The molecule has 0 spiro atoms. The van der Waals surface area contributed by atoms with Crippen LogP contribution in [-0.2, 0) is 6.54 Å². The second-order valence-corrected chi connectivity index (χ2v) is 6.42. The molecule has 2 aliphatic rings. The lowest BCUT2D eigenvalue weighted by molar-refractivity contribution is 0.190. The highest BCUT2D eigenvalue weighted by atomic mass is 35.5. The minimum absolute atomic E-state index is 0. The number of halogens is 2. The SMILES string of the molecule is Cl.Clc1ccc(CN(CC2CCNCC2)C2CC2)cc1. The van der Waals surface area contributed by atoms with Gasteiger partial charge in [-0.15, -0.1) is 12.4 Å². The van der Waals surface area contributed by atoms with Crippen LogP contribution >= 0.6 is 24.0 Å². The number of hydrogen-bond donors (Lipinski definition) is 1. The zero-order chi connectivity index (χ0) is 13.1. The van der Waals surface area contributed by atoms with Gasteiger partial charge in [-0.3, -0.25) is 4.90 Å². The molecule has 0 unspecified atom stereocenters. The number of rotatable bonds is 5. The first-order valence-electron chi connectivity index (χ1n) is 7.50. The summed E-state index contributed by atoms with van der Waals surface area (Å²) in [7, 11) is 0. The van der Waals surface area contributed by atoms with Gasteiger partial charge in [0.2, 0.25) is 0 Å². The van der Waals surface area contributed by atoms with Gasteiger partial charge in [0.25, 0.3) is 0 Å². The van der Waals surface area contributed by atoms with E-state index in [9.17, 15) is 0 Å². The maximum Gasteiger partial charge on any atom is 0.0406 e. The Labute approximate surface area is 133 Å². The van der Waals surface area contributed by atoms with Crippen molar-refractivity contribution in [3.8, 4) is 0 Å². The summed E-state index contributed by atoms with van der Waals surface area (Å²) in [4.78, 5) is 2.69. The second kappa shape index (κ2) is 7.65. The third-order valence-electron chi connectivity index (χ3n) is 4.31. The minimum Gasteiger partial charge on any atom is -0.317 e. The van der Waals surface area contributed by atoms with E-state index in [0.717, 1.165) is 23.5 Å². The molecule has 1 aromatic carbocycles. The van der Waals surface area contributed by atoms with Crippen molar-refractivity contribution < 1.29 is 0 Å². The van der Waals surface area contributed by atoms with Crippen LogP contribution in [0.1, 0.15) is 31.2 Å². The Morgan fingerprint density at radius 2 is 1.70 bits per heavy atom. The molecule has 1 aromatic rings. The molecule has 0 bridgehead atoms. The smallest absolute Gasteiger partial charge is 0.0406 e. The molecule has 2 fully saturated rings. The molecule has 112 valence electrons. The number of hydrogen-bond acceptors (Lipinski definition) is 2. The standard InChI is InChI=1S/C16H23ClN2.ClH/c17-15-3-1-13(2-4-15)11-19(16-5-6-16)12-14-7-9-18-10-8-14;/h1-4,14,16,18H,5-12H2;1H. The first-order valence-corrected chi connectivity index (χ1v) is 7.88. The maximum atomic E-state index is 5.96. The van der Waals surface area contributed by atoms with E-state index in [1.54, 1.807) is 0 Å². The Bertz CT molecular complexity index is 397. The van der Waals surface area contributed by atoms with Crippen molar-refractivity contribution in [2.75, 3.05) is 19.6 Å². The third kappa shape index (κ3) is 4.63. The minimum atomic E-state index is 0. The number of benzene rings is 1. The van der Waals surface area contributed by atoms with Crippen molar-refractivity contribution in [1.29, 1.82) is 0 Å². The molecule has 0 atom stereocenters. The van der Waals surface area contributed by atoms with E-state index in [1.807, 2.05) is 12.1 Å².